The second-order valence-corrected chi connectivity index (χ2v) is 11.8. The highest BCUT2D eigenvalue weighted by molar-refractivity contribution is 5.41. The standard InChI is InChI=1S/C25H38O6/c1-21(2)13-16-20(26)23(5)9-7-17-15(14-30-22(3,4)31-17)19(23)25(16,27)18(21)8-10-24(6)28-11-12-29-24/h7-9,15-17,19-20,26-27H,10-14H2,1-6H3/b18-8-/t15-,16-,17+,19+,20+,23-,25-/m1/s1. The predicted molar refractivity (Wildman–Crippen MR) is 115 cm³/mol. The van der Waals surface area contributed by atoms with Crippen LogP contribution in [0.1, 0.15) is 54.4 Å². The molecule has 2 heterocycles. The van der Waals surface area contributed by atoms with Crippen LogP contribution in [0.25, 0.3) is 0 Å². The molecular weight excluding hydrogens is 396 g/mol. The highest BCUT2D eigenvalue weighted by Gasteiger charge is 2.73. The largest absolute Gasteiger partial charge is 0.392 e. The zero-order valence-electron chi connectivity index (χ0n) is 19.7. The van der Waals surface area contributed by atoms with Gasteiger partial charge in [0.25, 0.3) is 0 Å². The van der Waals surface area contributed by atoms with Gasteiger partial charge in [0.1, 0.15) is 0 Å². The molecule has 2 N–H and O–H groups in total. The molecule has 0 unspecified atom stereocenters. The second-order valence-electron chi connectivity index (χ2n) is 11.8. The lowest BCUT2D eigenvalue weighted by Gasteiger charge is -2.52. The van der Waals surface area contributed by atoms with Crippen LogP contribution in [0.5, 0.6) is 0 Å². The van der Waals surface area contributed by atoms with E-state index in [0.29, 0.717) is 26.2 Å². The average molecular weight is 435 g/mol. The maximum Gasteiger partial charge on any atom is 0.169 e. The highest BCUT2D eigenvalue weighted by atomic mass is 16.7. The first kappa shape index (κ1) is 22.1. The molecule has 2 aliphatic heterocycles. The van der Waals surface area contributed by atoms with E-state index in [2.05, 4.69) is 39.0 Å². The third-order valence-electron chi connectivity index (χ3n) is 8.73. The molecule has 0 amide bonds. The molecule has 0 aromatic heterocycles. The molecule has 4 fully saturated rings. The Labute approximate surface area is 185 Å². The summed E-state index contributed by atoms with van der Waals surface area (Å²) in [5.74, 6) is -1.77. The third kappa shape index (κ3) is 3.06. The molecular formula is C25H38O6. The Morgan fingerprint density at radius 3 is 2.42 bits per heavy atom. The second kappa shape index (κ2) is 6.64. The molecule has 3 aliphatic carbocycles. The third-order valence-corrected chi connectivity index (χ3v) is 8.73. The average Bonchev–Trinajstić information content (AvgIpc) is 3.23. The number of fused-ring (bicyclic) bond motifs is 5. The first-order valence-corrected chi connectivity index (χ1v) is 11.7. The molecule has 0 aromatic carbocycles. The van der Waals surface area contributed by atoms with Gasteiger partial charge in [0, 0.05) is 29.6 Å². The Kier molecular flexibility index (Phi) is 4.73. The van der Waals surface area contributed by atoms with Crippen molar-refractivity contribution in [2.75, 3.05) is 19.8 Å². The predicted octanol–water partition coefficient (Wildman–Crippen LogP) is 3.18. The van der Waals surface area contributed by atoms with Crippen molar-refractivity contribution < 1.29 is 29.2 Å². The summed E-state index contributed by atoms with van der Waals surface area (Å²) in [7, 11) is 0. The SMILES string of the molecule is CC1(C)OC[C@@H]2[C@H](C=C[C@@]3(C)[C@@H](O)[C@H]4CC(C)(C)/C(=C/CC5(C)OCCO5)[C@@]4(O)[C@@H]23)O1. The van der Waals surface area contributed by atoms with Crippen LogP contribution in [0.4, 0.5) is 0 Å². The Morgan fingerprint density at radius 2 is 1.74 bits per heavy atom. The van der Waals surface area contributed by atoms with Crippen LogP contribution in [-0.2, 0) is 18.9 Å². The van der Waals surface area contributed by atoms with E-state index in [0.717, 1.165) is 12.0 Å². The Morgan fingerprint density at radius 1 is 1.06 bits per heavy atom. The molecule has 7 atom stereocenters. The van der Waals surface area contributed by atoms with Crippen LogP contribution in [0.2, 0.25) is 0 Å². The van der Waals surface area contributed by atoms with Crippen molar-refractivity contribution in [2.24, 2.45) is 28.6 Å². The fraction of sp³-hybridized carbons (Fsp3) is 0.840. The van der Waals surface area contributed by atoms with E-state index in [1.807, 2.05) is 20.8 Å². The molecule has 6 nitrogen and oxygen atoms in total. The van der Waals surface area contributed by atoms with Crippen LogP contribution >= 0.6 is 0 Å². The van der Waals surface area contributed by atoms with Crippen molar-refractivity contribution in [3.63, 3.8) is 0 Å². The van der Waals surface area contributed by atoms with E-state index < -0.39 is 28.7 Å². The quantitative estimate of drug-likeness (QED) is 0.650. The lowest BCUT2D eigenvalue weighted by molar-refractivity contribution is -0.299. The molecule has 2 saturated heterocycles. The maximum absolute atomic E-state index is 12.5. The highest BCUT2D eigenvalue weighted by Crippen LogP contribution is 2.69. The van der Waals surface area contributed by atoms with Crippen LogP contribution in [0.3, 0.4) is 0 Å². The van der Waals surface area contributed by atoms with Gasteiger partial charge >= 0.3 is 0 Å². The number of aliphatic hydroxyl groups excluding tert-OH is 1. The zero-order valence-corrected chi connectivity index (χ0v) is 19.7. The van der Waals surface area contributed by atoms with E-state index in [4.69, 9.17) is 18.9 Å². The fourth-order valence-corrected chi connectivity index (χ4v) is 7.40. The fourth-order valence-electron chi connectivity index (χ4n) is 7.40. The molecule has 0 bridgehead atoms. The minimum atomic E-state index is -1.13. The summed E-state index contributed by atoms with van der Waals surface area (Å²) >= 11 is 0. The first-order valence-electron chi connectivity index (χ1n) is 11.7. The Bertz CT molecular complexity index is 809. The molecule has 2 saturated carbocycles. The zero-order chi connectivity index (χ0) is 22.4. The monoisotopic (exact) mass is 434 g/mol. The van der Waals surface area contributed by atoms with Gasteiger partial charge < -0.3 is 29.2 Å². The molecule has 5 rings (SSSR count). The van der Waals surface area contributed by atoms with Crippen molar-refractivity contribution in [1.29, 1.82) is 0 Å². The number of hydrogen-bond donors (Lipinski definition) is 2. The maximum atomic E-state index is 12.5. The van der Waals surface area contributed by atoms with Crippen molar-refractivity contribution in [1.82, 2.24) is 0 Å². The molecule has 5 aliphatic rings. The molecule has 31 heavy (non-hydrogen) atoms. The van der Waals surface area contributed by atoms with Crippen molar-refractivity contribution in [2.45, 2.75) is 83.8 Å². The van der Waals surface area contributed by atoms with Gasteiger partial charge in [-0.2, -0.15) is 0 Å². The van der Waals surface area contributed by atoms with Gasteiger partial charge in [0.15, 0.2) is 11.6 Å². The van der Waals surface area contributed by atoms with Gasteiger partial charge in [0.2, 0.25) is 0 Å². The molecule has 174 valence electrons. The normalized spacial score (nSPS) is 50.3. The number of ether oxygens (including phenoxy) is 4. The lowest BCUT2D eigenvalue weighted by Crippen LogP contribution is -2.57. The van der Waals surface area contributed by atoms with Crippen LogP contribution in [-0.4, -0.2) is 59.4 Å². The van der Waals surface area contributed by atoms with E-state index in [1.54, 1.807) is 0 Å². The summed E-state index contributed by atoms with van der Waals surface area (Å²) in [6, 6.07) is 0. The van der Waals surface area contributed by atoms with Gasteiger partial charge in [-0.05, 0) is 38.2 Å². The lowest BCUT2D eigenvalue weighted by atomic mass is 9.60. The van der Waals surface area contributed by atoms with Gasteiger partial charge in [-0.25, -0.2) is 0 Å². The van der Waals surface area contributed by atoms with E-state index in [-0.39, 0.29) is 29.3 Å². The van der Waals surface area contributed by atoms with Gasteiger partial charge in [-0.1, -0.05) is 39.0 Å². The number of rotatable bonds is 2. The van der Waals surface area contributed by atoms with E-state index in [1.165, 1.54) is 0 Å². The minimum Gasteiger partial charge on any atom is -0.392 e. The van der Waals surface area contributed by atoms with E-state index >= 15 is 0 Å². The minimum absolute atomic E-state index is 0.0282. The van der Waals surface area contributed by atoms with Crippen LogP contribution in [0.15, 0.2) is 23.8 Å². The van der Waals surface area contributed by atoms with Gasteiger partial charge in [-0.15, -0.1) is 0 Å². The summed E-state index contributed by atoms with van der Waals surface area (Å²) in [6.07, 6.45) is 6.84. The van der Waals surface area contributed by atoms with Crippen molar-refractivity contribution >= 4 is 0 Å². The molecule has 0 aromatic rings. The summed E-state index contributed by atoms with van der Waals surface area (Å²) in [6.45, 7) is 13.9. The van der Waals surface area contributed by atoms with Crippen molar-refractivity contribution in [3.05, 3.63) is 23.8 Å². The summed E-state index contributed by atoms with van der Waals surface area (Å²) in [5, 5.41) is 24.1. The summed E-state index contributed by atoms with van der Waals surface area (Å²) in [5.41, 5.74) is -0.899. The topological polar surface area (TPSA) is 77.4 Å². The smallest absolute Gasteiger partial charge is 0.169 e. The number of aliphatic hydroxyl groups is 2. The molecule has 0 radical (unpaired) electrons. The summed E-state index contributed by atoms with van der Waals surface area (Å²) < 4.78 is 23.9. The Balaban J connectivity index is 1.57. The first-order chi connectivity index (χ1) is 14.3. The number of hydrogen-bond acceptors (Lipinski definition) is 6. The van der Waals surface area contributed by atoms with Crippen LogP contribution in [0, 0.1) is 28.6 Å². The van der Waals surface area contributed by atoms with Crippen LogP contribution < -0.4 is 0 Å². The molecule has 6 heteroatoms. The molecule has 0 spiro atoms. The van der Waals surface area contributed by atoms with Crippen molar-refractivity contribution in [3.8, 4) is 0 Å². The van der Waals surface area contributed by atoms with Gasteiger partial charge in [0.05, 0.1) is 37.6 Å². The Hall–Kier alpha value is -0.760. The van der Waals surface area contributed by atoms with E-state index in [9.17, 15) is 10.2 Å². The summed E-state index contributed by atoms with van der Waals surface area (Å²) in [4.78, 5) is 0. The van der Waals surface area contributed by atoms with Gasteiger partial charge in [-0.3, -0.25) is 0 Å².